The van der Waals surface area contributed by atoms with Crippen LogP contribution in [0.25, 0.3) is 10.9 Å². The van der Waals surface area contributed by atoms with E-state index < -0.39 is 10.8 Å². The van der Waals surface area contributed by atoms with Crippen LogP contribution in [-0.4, -0.2) is 27.4 Å². The molecule has 0 atom stereocenters. The predicted octanol–water partition coefficient (Wildman–Crippen LogP) is 3.74. The van der Waals surface area contributed by atoms with Crippen molar-refractivity contribution >= 4 is 39.7 Å². The number of benzene rings is 2. The van der Waals surface area contributed by atoms with E-state index in [0.29, 0.717) is 28.1 Å². The zero-order chi connectivity index (χ0) is 21.1. The average Bonchev–Trinajstić information content (AvgIpc) is 3.10. The highest BCUT2D eigenvalue weighted by atomic mass is 16.6. The van der Waals surface area contributed by atoms with Crippen molar-refractivity contribution in [2.45, 2.75) is 20.8 Å². The molecule has 9 heteroatoms. The van der Waals surface area contributed by atoms with Gasteiger partial charge < -0.3 is 16.0 Å². The van der Waals surface area contributed by atoms with Gasteiger partial charge in [0.15, 0.2) is 0 Å². The highest BCUT2D eigenvalue weighted by Crippen LogP contribution is 2.26. The Kier molecular flexibility index (Phi) is 5.40. The van der Waals surface area contributed by atoms with Crippen molar-refractivity contribution in [1.82, 2.24) is 4.98 Å². The second-order valence-electron chi connectivity index (χ2n) is 6.59. The number of nitro groups is 1. The number of para-hydroxylation sites is 1. The smallest absolute Gasteiger partial charge is 0.293 e. The molecule has 0 bridgehead atoms. The molecule has 0 fully saturated rings. The molecule has 0 spiro atoms. The lowest BCUT2D eigenvalue weighted by molar-refractivity contribution is -0.383. The third kappa shape index (κ3) is 4.29. The number of non-ortho nitro benzene ring substituents is 1. The number of amidine groups is 1. The molecule has 0 radical (unpaired) electrons. The maximum absolute atomic E-state index is 12.6. The number of nitrogens with zero attached hydrogens (tertiary/aromatic N) is 3. The van der Waals surface area contributed by atoms with Gasteiger partial charge in [0.1, 0.15) is 17.0 Å². The summed E-state index contributed by atoms with van der Waals surface area (Å²) in [7, 11) is 0. The van der Waals surface area contributed by atoms with E-state index in [1.54, 1.807) is 31.2 Å². The van der Waals surface area contributed by atoms with Gasteiger partial charge in [0, 0.05) is 22.7 Å². The number of aromatic amines is 1. The summed E-state index contributed by atoms with van der Waals surface area (Å²) in [4.78, 5) is 26.1. The molecule has 0 aliphatic carbocycles. The van der Waals surface area contributed by atoms with E-state index in [4.69, 9.17) is 5.73 Å². The predicted molar refractivity (Wildman–Crippen MR) is 114 cm³/mol. The molecule has 3 aromatic rings. The van der Waals surface area contributed by atoms with Crippen LogP contribution in [0.2, 0.25) is 0 Å². The van der Waals surface area contributed by atoms with Gasteiger partial charge in [0.05, 0.1) is 10.6 Å². The summed E-state index contributed by atoms with van der Waals surface area (Å²) < 4.78 is 0. The fraction of sp³-hybridized carbons (Fsp3) is 0.150. The first-order valence-corrected chi connectivity index (χ1v) is 8.79. The van der Waals surface area contributed by atoms with Gasteiger partial charge in [-0.3, -0.25) is 14.9 Å². The lowest BCUT2D eigenvalue weighted by Gasteiger charge is -2.09. The van der Waals surface area contributed by atoms with Crippen LogP contribution in [0.15, 0.2) is 52.7 Å². The molecule has 2 aromatic carbocycles. The SMILES string of the molecule is CC(N)=N/N=C(/C)c1ccc(NC(=O)c2cc3cccc([N+](=O)[O-])c3[nH]2)cc1C. The molecule has 4 N–H and O–H groups in total. The first kappa shape index (κ1) is 19.7. The molecule has 1 amide bonds. The number of amides is 1. The maximum Gasteiger partial charge on any atom is 0.293 e. The zero-order valence-electron chi connectivity index (χ0n) is 16.2. The van der Waals surface area contributed by atoms with Crippen molar-refractivity contribution in [1.29, 1.82) is 0 Å². The maximum atomic E-state index is 12.6. The lowest BCUT2D eigenvalue weighted by Crippen LogP contribution is -2.12. The Morgan fingerprint density at radius 3 is 2.59 bits per heavy atom. The highest BCUT2D eigenvalue weighted by Gasteiger charge is 2.17. The van der Waals surface area contributed by atoms with Gasteiger partial charge in [-0.15, -0.1) is 5.10 Å². The normalized spacial score (nSPS) is 12.2. The van der Waals surface area contributed by atoms with Gasteiger partial charge in [-0.2, -0.15) is 5.10 Å². The Bertz CT molecular complexity index is 1170. The van der Waals surface area contributed by atoms with E-state index in [9.17, 15) is 14.9 Å². The van der Waals surface area contributed by atoms with Crippen molar-refractivity contribution in [3.05, 3.63) is 69.4 Å². The van der Waals surface area contributed by atoms with Crippen LogP contribution in [0, 0.1) is 17.0 Å². The molecule has 1 heterocycles. The second-order valence-corrected chi connectivity index (χ2v) is 6.59. The number of anilines is 1. The van der Waals surface area contributed by atoms with Crippen LogP contribution in [0.5, 0.6) is 0 Å². The first-order chi connectivity index (χ1) is 13.8. The van der Waals surface area contributed by atoms with Gasteiger partial charge in [0.25, 0.3) is 11.6 Å². The molecule has 0 saturated heterocycles. The van der Waals surface area contributed by atoms with Gasteiger partial charge in [0.2, 0.25) is 0 Å². The number of carbonyl (C=O) groups is 1. The summed E-state index contributed by atoms with van der Waals surface area (Å²) in [6, 6.07) is 11.7. The molecule has 3 rings (SSSR count). The number of fused-ring (bicyclic) bond motifs is 1. The number of hydrogen-bond donors (Lipinski definition) is 3. The Morgan fingerprint density at radius 1 is 1.17 bits per heavy atom. The largest absolute Gasteiger partial charge is 0.386 e. The summed E-state index contributed by atoms with van der Waals surface area (Å²) in [6.45, 7) is 5.38. The van der Waals surface area contributed by atoms with Crippen molar-refractivity contribution in [2.75, 3.05) is 5.32 Å². The van der Waals surface area contributed by atoms with Crippen molar-refractivity contribution in [3.8, 4) is 0 Å². The molecule has 148 valence electrons. The molecular formula is C20H20N6O3. The number of carbonyl (C=O) groups excluding carboxylic acids is 1. The number of aryl methyl sites for hydroxylation is 1. The van der Waals surface area contributed by atoms with Gasteiger partial charge >= 0.3 is 0 Å². The number of rotatable bonds is 5. The monoisotopic (exact) mass is 392 g/mol. The summed E-state index contributed by atoms with van der Waals surface area (Å²) in [5, 5.41) is 22.5. The minimum Gasteiger partial charge on any atom is -0.386 e. The van der Waals surface area contributed by atoms with E-state index in [-0.39, 0.29) is 11.4 Å². The molecule has 1 aromatic heterocycles. The van der Waals surface area contributed by atoms with Gasteiger partial charge in [-0.25, -0.2) is 0 Å². The molecule has 0 saturated carbocycles. The van der Waals surface area contributed by atoms with Crippen LogP contribution in [0.1, 0.15) is 35.5 Å². The number of nitrogens with two attached hydrogens (primary N) is 1. The minimum atomic E-state index is -0.483. The lowest BCUT2D eigenvalue weighted by atomic mass is 10.0. The quantitative estimate of drug-likeness (QED) is 0.263. The summed E-state index contributed by atoms with van der Waals surface area (Å²) >= 11 is 0. The van der Waals surface area contributed by atoms with Crippen molar-refractivity contribution in [2.24, 2.45) is 15.9 Å². The Morgan fingerprint density at radius 2 is 1.93 bits per heavy atom. The van der Waals surface area contributed by atoms with E-state index in [2.05, 4.69) is 20.5 Å². The zero-order valence-corrected chi connectivity index (χ0v) is 16.2. The van der Waals surface area contributed by atoms with Crippen LogP contribution in [0.3, 0.4) is 0 Å². The highest BCUT2D eigenvalue weighted by molar-refractivity contribution is 6.07. The van der Waals surface area contributed by atoms with E-state index >= 15 is 0 Å². The summed E-state index contributed by atoms with van der Waals surface area (Å²) in [5.41, 5.74) is 9.06. The standard InChI is InChI=1S/C20H20N6O3/c1-11-9-15(7-8-16(11)12(2)24-25-13(3)21)22-20(27)17-10-14-5-4-6-18(26(28)29)19(14)23-17/h4-10,23H,1-3H3,(H2,21,25)(H,22,27)/b24-12-. The first-order valence-electron chi connectivity index (χ1n) is 8.79. The van der Waals surface area contributed by atoms with E-state index in [0.717, 1.165) is 11.1 Å². The molecule has 0 aliphatic rings. The molecule has 9 nitrogen and oxygen atoms in total. The van der Waals surface area contributed by atoms with E-state index in [1.807, 2.05) is 26.0 Å². The van der Waals surface area contributed by atoms with Crippen molar-refractivity contribution in [3.63, 3.8) is 0 Å². The number of H-pyrrole nitrogens is 1. The number of aromatic nitrogens is 1. The van der Waals surface area contributed by atoms with Crippen molar-refractivity contribution < 1.29 is 9.72 Å². The number of hydrogen-bond acceptors (Lipinski definition) is 5. The van der Waals surface area contributed by atoms with Gasteiger partial charge in [-0.05, 0) is 44.5 Å². The minimum absolute atomic E-state index is 0.0770. The summed E-state index contributed by atoms with van der Waals surface area (Å²) in [5.74, 6) is -0.0270. The fourth-order valence-corrected chi connectivity index (χ4v) is 2.97. The third-order valence-corrected chi connectivity index (χ3v) is 4.31. The average molecular weight is 392 g/mol. The number of nitro benzene ring substituents is 1. The molecule has 0 aliphatic heterocycles. The third-order valence-electron chi connectivity index (χ3n) is 4.31. The molecular weight excluding hydrogens is 372 g/mol. The summed E-state index contributed by atoms with van der Waals surface area (Å²) in [6.07, 6.45) is 0. The fourth-order valence-electron chi connectivity index (χ4n) is 2.97. The van der Waals surface area contributed by atoms with Crippen LogP contribution in [0.4, 0.5) is 11.4 Å². The van der Waals surface area contributed by atoms with E-state index in [1.165, 1.54) is 6.07 Å². The Balaban J connectivity index is 1.84. The second kappa shape index (κ2) is 7.93. The molecule has 0 unspecified atom stereocenters. The Hall–Kier alpha value is -4.01. The van der Waals surface area contributed by atoms with Crippen LogP contribution < -0.4 is 11.1 Å². The van der Waals surface area contributed by atoms with Crippen LogP contribution >= 0.6 is 0 Å². The number of nitrogens with one attached hydrogen (secondary N) is 2. The van der Waals surface area contributed by atoms with Gasteiger partial charge in [-0.1, -0.05) is 18.2 Å². The topological polar surface area (TPSA) is 139 Å². The molecule has 29 heavy (non-hydrogen) atoms. The van der Waals surface area contributed by atoms with Crippen LogP contribution in [-0.2, 0) is 0 Å². The Labute approximate surface area is 166 Å².